The molecule has 3 aromatic rings. The lowest BCUT2D eigenvalue weighted by Gasteiger charge is -2.35. The molecule has 0 N–H and O–H groups in total. The Balaban J connectivity index is 0.00000600. The predicted molar refractivity (Wildman–Crippen MR) is 165 cm³/mol. The first-order valence-electron chi connectivity index (χ1n) is 14.4. The Morgan fingerprint density at radius 3 is 2.30 bits per heavy atom. The summed E-state index contributed by atoms with van der Waals surface area (Å²) in [4.78, 5) is 28.6. The van der Waals surface area contributed by atoms with Crippen molar-refractivity contribution in [1.29, 1.82) is 5.26 Å². The van der Waals surface area contributed by atoms with Gasteiger partial charge in [-0.25, -0.2) is 27.3 Å². The number of nitrogens with zero attached hydrogens (tertiary/aromatic N) is 6. The highest BCUT2D eigenvalue weighted by molar-refractivity contribution is 7.91. The summed E-state index contributed by atoms with van der Waals surface area (Å²) < 4.78 is 74.5. The number of carbonyl (C=O) groups is 1. The van der Waals surface area contributed by atoms with E-state index in [9.17, 15) is 36.4 Å². The van der Waals surface area contributed by atoms with Crippen LogP contribution in [-0.2, 0) is 32.1 Å². The number of allylic oxidation sites excluding steroid dienone is 1. The topological polar surface area (TPSA) is 127 Å². The summed E-state index contributed by atoms with van der Waals surface area (Å²) in [5, 5.41) is 13.8. The third-order valence-electron chi connectivity index (χ3n) is 7.61. The summed E-state index contributed by atoms with van der Waals surface area (Å²) in [5.74, 6) is -1.10. The lowest BCUT2D eigenvalue weighted by Crippen LogP contribution is -3.00. The minimum atomic E-state index is -4.67. The highest BCUT2D eigenvalue weighted by atomic mass is 35.5. The van der Waals surface area contributed by atoms with Crippen molar-refractivity contribution in [2.75, 3.05) is 51.2 Å². The number of aryl methyl sites for hydroxylation is 1. The number of hydrogen-bond acceptors (Lipinski definition) is 8. The van der Waals surface area contributed by atoms with E-state index in [1.807, 2.05) is 27.2 Å². The fourth-order valence-electron chi connectivity index (χ4n) is 5.38. The molecular formula is C31H36ClF3N6O5S. The smallest absolute Gasteiger partial charge is 0.416 e. The van der Waals surface area contributed by atoms with Gasteiger partial charge in [0.2, 0.25) is 5.95 Å². The van der Waals surface area contributed by atoms with Gasteiger partial charge in [-0.15, -0.1) is 5.10 Å². The van der Waals surface area contributed by atoms with E-state index in [2.05, 4.69) is 5.10 Å². The largest absolute Gasteiger partial charge is 1.00 e. The highest BCUT2D eigenvalue weighted by Crippen LogP contribution is 2.43. The molecule has 0 bridgehead atoms. The van der Waals surface area contributed by atoms with Crippen molar-refractivity contribution < 1.29 is 48.0 Å². The van der Waals surface area contributed by atoms with E-state index in [0.29, 0.717) is 28.6 Å². The number of sulfone groups is 1. The van der Waals surface area contributed by atoms with Gasteiger partial charge in [-0.1, -0.05) is 18.2 Å². The van der Waals surface area contributed by atoms with Gasteiger partial charge >= 0.3 is 17.8 Å². The number of rotatable bonds is 11. The van der Waals surface area contributed by atoms with Crippen LogP contribution in [0, 0.1) is 11.3 Å². The van der Waals surface area contributed by atoms with Crippen molar-refractivity contribution >= 4 is 27.4 Å². The maximum Gasteiger partial charge on any atom is 0.416 e. The predicted octanol–water partition coefficient (Wildman–Crippen LogP) is 1.03. The second-order valence-corrected chi connectivity index (χ2v) is 14.4. The first-order valence-corrected chi connectivity index (χ1v) is 16.3. The van der Waals surface area contributed by atoms with Gasteiger partial charge in [0.25, 0.3) is 0 Å². The zero-order chi connectivity index (χ0) is 34.0. The van der Waals surface area contributed by atoms with Gasteiger partial charge in [0, 0.05) is 24.4 Å². The van der Waals surface area contributed by atoms with Crippen LogP contribution in [0.1, 0.15) is 42.5 Å². The molecule has 0 spiro atoms. The van der Waals surface area contributed by atoms with Crippen molar-refractivity contribution in [2.24, 2.45) is 0 Å². The van der Waals surface area contributed by atoms with Gasteiger partial charge in [-0.05, 0) is 49.2 Å². The van der Waals surface area contributed by atoms with Gasteiger partial charge in [0.05, 0.1) is 69.1 Å². The van der Waals surface area contributed by atoms with E-state index in [1.165, 1.54) is 40.7 Å². The number of halogens is 4. The molecule has 2 heterocycles. The molecule has 254 valence electrons. The molecule has 4 rings (SSSR count). The number of fused-ring (bicyclic) bond motifs is 1. The number of methoxy groups -OCH3 is 1. The van der Waals surface area contributed by atoms with Crippen LogP contribution in [0.25, 0.3) is 0 Å². The first kappa shape index (κ1) is 37.3. The van der Waals surface area contributed by atoms with E-state index in [1.54, 1.807) is 12.1 Å². The molecule has 1 aliphatic heterocycles. The maximum absolute atomic E-state index is 14.0. The fraction of sp³-hybridized carbons (Fsp3) is 0.419. The number of esters is 1. The quantitative estimate of drug-likeness (QED) is 0.215. The highest BCUT2D eigenvalue weighted by Gasteiger charge is 2.41. The Kier molecular flexibility index (Phi) is 11.4. The van der Waals surface area contributed by atoms with Gasteiger partial charge in [0.1, 0.15) is 6.04 Å². The van der Waals surface area contributed by atoms with E-state index in [0.717, 1.165) is 23.9 Å². The Labute approximate surface area is 277 Å². The van der Waals surface area contributed by atoms with Crippen LogP contribution in [0.4, 0.5) is 24.8 Å². The molecule has 0 fully saturated rings. The second kappa shape index (κ2) is 14.3. The van der Waals surface area contributed by atoms with E-state index in [4.69, 9.17) is 4.74 Å². The number of aromatic nitrogens is 3. The molecule has 11 nitrogen and oxygen atoms in total. The molecule has 1 atom stereocenters. The maximum atomic E-state index is 14.0. The molecule has 2 aromatic carbocycles. The number of hydrogen-bond donors (Lipinski definition) is 0. The number of benzene rings is 2. The van der Waals surface area contributed by atoms with Crippen LogP contribution in [0.5, 0.6) is 0 Å². The van der Waals surface area contributed by atoms with Crippen LogP contribution in [0.2, 0.25) is 0 Å². The molecule has 0 saturated carbocycles. The van der Waals surface area contributed by atoms with Crippen LogP contribution in [-0.4, -0.2) is 79.5 Å². The molecular weight excluding hydrogens is 661 g/mol. The monoisotopic (exact) mass is 696 g/mol. The summed E-state index contributed by atoms with van der Waals surface area (Å²) in [6.07, 6.45) is -4.13. The molecule has 0 saturated heterocycles. The standard InChI is InChI=1S/C31H36F3N6O5S.ClH/c1-21-26(28(41)45-5)27(23-13-11-22(20-35)12-14-23)39-29(38(21)25-10-6-9-24(19-25)31(32,33)34)36-37(30(39)42)15-7-17-46(43,44)18-8-16-40(2,3)4;/h6,9-14,19,27H,7-8,15-18H2,1-5H3;1H/q+1;/p-1. The lowest BCUT2D eigenvalue weighted by atomic mass is 9.93. The number of carbonyl (C=O) groups excluding carboxylic acids is 1. The molecule has 0 amide bonds. The number of alkyl halides is 3. The average Bonchev–Trinajstić information content (AvgIpc) is 3.29. The van der Waals surface area contributed by atoms with E-state index >= 15 is 0 Å². The average molecular weight is 697 g/mol. The molecule has 47 heavy (non-hydrogen) atoms. The lowest BCUT2D eigenvalue weighted by molar-refractivity contribution is -0.870. The number of nitriles is 1. The summed E-state index contributed by atoms with van der Waals surface area (Å²) >= 11 is 0. The van der Waals surface area contributed by atoms with Crippen LogP contribution >= 0.6 is 0 Å². The van der Waals surface area contributed by atoms with Gasteiger partial charge in [-0.3, -0.25) is 4.90 Å². The second-order valence-electron chi connectivity index (χ2n) is 12.1. The van der Waals surface area contributed by atoms with Gasteiger partial charge in [0.15, 0.2) is 9.84 Å². The number of ether oxygens (including phenoxy) is 1. The molecule has 1 unspecified atom stereocenters. The molecule has 16 heteroatoms. The zero-order valence-electron chi connectivity index (χ0n) is 26.6. The summed E-state index contributed by atoms with van der Waals surface area (Å²) in [7, 11) is 3.63. The third-order valence-corrected chi connectivity index (χ3v) is 9.43. The molecule has 1 aliphatic rings. The third kappa shape index (κ3) is 8.43. The van der Waals surface area contributed by atoms with Crippen molar-refractivity contribution in [3.8, 4) is 6.07 Å². The Morgan fingerprint density at radius 1 is 1.09 bits per heavy atom. The molecule has 0 radical (unpaired) electrons. The van der Waals surface area contributed by atoms with E-state index < -0.39 is 39.3 Å². The van der Waals surface area contributed by atoms with Crippen molar-refractivity contribution in [1.82, 2.24) is 14.3 Å². The Hall–Kier alpha value is -4.13. The van der Waals surface area contributed by atoms with Crippen LogP contribution in [0.3, 0.4) is 0 Å². The first-order chi connectivity index (χ1) is 21.5. The Bertz CT molecular complexity index is 1860. The van der Waals surface area contributed by atoms with Crippen molar-refractivity contribution in [3.05, 3.63) is 87.0 Å². The SMILES string of the molecule is COC(=O)C1=C(C)N(c2cccc(C(F)(F)F)c2)c2nn(CCCS(=O)(=O)CCC[N+](C)(C)C)c(=O)n2C1c1ccc(C#N)cc1.[Cl-]. The van der Waals surface area contributed by atoms with Crippen molar-refractivity contribution in [2.45, 2.75) is 38.5 Å². The zero-order valence-corrected chi connectivity index (χ0v) is 28.2. The number of anilines is 2. The van der Waals surface area contributed by atoms with Crippen LogP contribution < -0.4 is 23.0 Å². The van der Waals surface area contributed by atoms with Crippen molar-refractivity contribution in [3.63, 3.8) is 0 Å². The fourth-order valence-corrected chi connectivity index (χ4v) is 6.72. The summed E-state index contributed by atoms with van der Waals surface area (Å²) in [6.45, 7) is 2.08. The van der Waals surface area contributed by atoms with Crippen LogP contribution in [0.15, 0.2) is 64.6 Å². The normalized spacial score (nSPS) is 15.1. The minimum Gasteiger partial charge on any atom is -1.00 e. The van der Waals surface area contributed by atoms with E-state index in [-0.39, 0.29) is 59.8 Å². The molecule has 1 aromatic heterocycles. The summed E-state index contributed by atoms with van der Waals surface area (Å²) in [6, 6.07) is 11.4. The number of quaternary nitrogens is 1. The Morgan fingerprint density at radius 2 is 1.72 bits per heavy atom. The minimum absolute atomic E-state index is 0. The van der Waals surface area contributed by atoms with Gasteiger partial charge < -0.3 is 21.6 Å². The van der Waals surface area contributed by atoms with Gasteiger partial charge in [-0.2, -0.15) is 18.4 Å². The summed E-state index contributed by atoms with van der Waals surface area (Å²) in [5.41, 5.74) is -0.775. The molecule has 0 aliphatic carbocycles.